The predicted molar refractivity (Wildman–Crippen MR) is 107 cm³/mol. The van der Waals surface area contributed by atoms with Crippen LogP contribution in [0.5, 0.6) is 5.75 Å². The number of methoxy groups -OCH3 is 1. The molecule has 1 saturated heterocycles. The summed E-state index contributed by atoms with van der Waals surface area (Å²) in [7, 11) is 1.11. The van der Waals surface area contributed by atoms with Gasteiger partial charge in [0, 0.05) is 12.1 Å². The lowest BCUT2D eigenvalue weighted by Crippen LogP contribution is -2.41. The van der Waals surface area contributed by atoms with Gasteiger partial charge >= 0.3 is 7.12 Å². The first-order chi connectivity index (χ1) is 12.2. The van der Waals surface area contributed by atoms with Crippen molar-refractivity contribution in [3.05, 3.63) is 35.4 Å². The van der Waals surface area contributed by atoms with Crippen molar-refractivity contribution in [3.8, 4) is 5.75 Å². The molecule has 0 bridgehead atoms. The lowest BCUT2D eigenvalue weighted by atomic mass is 9.74. The molecule has 1 aromatic carbocycles. The van der Waals surface area contributed by atoms with Crippen molar-refractivity contribution >= 4 is 24.2 Å². The molecule has 0 saturated carbocycles. The number of allylic oxidation sites excluding steroid dienone is 1. The van der Waals surface area contributed by atoms with Crippen LogP contribution in [0.4, 0.5) is 0 Å². The Bertz CT molecular complexity index is 614. The van der Waals surface area contributed by atoms with E-state index in [1.807, 2.05) is 45.9 Å². The third-order valence-electron chi connectivity index (χ3n) is 5.14. The molecule has 0 radical (unpaired) electrons. The fourth-order valence-corrected chi connectivity index (χ4v) is 3.19. The predicted octanol–water partition coefficient (Wildman–Crippen LogP) is 4.52. The van der Waals surface area contributed by atoms with Crippen LogP contribution in [0.15, 0.2) is 24.8 Å². The molecule has 1 aliphatic heterocycles. The number of halogens is 1. The summed E-state index contributed by atoms with van der Waals surface area (Å²) < 4.78 is 23.1. The molecular weight excluding hydrogens is 350 g/mol. The molecule has 4 nitrogen and oxygen atoms in total. The zero-order valence-corrected chi connectivity index (χ0v) is 17.3. The molecule has 0 spiro atoms. The first-order valence-corrected chi connectivity index (χ1v) is 9.50. The van der Waals surface area contributed by atoms with Crippen LogP contribution in [-0.2, 0) is 20.5 Å². The third kappa shape index (κ3) is 4.83. The van der Waals surface area contributed by atoms with Gasteiger partial charge in [-0.15, -0.1) is 6.58 Å². The summed E-state index contributed by atoms with van der Waals surface area (Å²) >= 11 is 6.59. The number of hydrogen-bond donors (Lipinski definition) is 0. The Morgan fingerprint density at radius 3 is 2.38 bits per heavy atom. The van der Waals surface area contributed by atoms with Crippen molar-refractivity contribution in [3.63, 3.8) is 0 Å². The van der Waals surface area contributed by atoms with E-state index in [1.54, 1.807) is 7.11 Å². The largest absolute Gasteiger partial charge is 0.495 e. The van der Waals surface area contributed by atoms with Crippen molar-refractivity contribution < 1.29 is 18.8 Å². The molecule has 0 N–H and O–H groups in total. The van der Waals surface area contributed by atoms with Gasteiger partial charge in [-0.3, -0.25) is 0 Å². The van der Waals surface area contributed by atoms with E-state index in [1.165, 1.54) is 0 Å². The van der Waals surface area contributed by atoms with E-state index in [-0.39, 0.29) is 6.79 Å². The van der Waals surface area contributed by atoms with E-state index in [4.69, 9.17) is 30.4 Å². The van der Waals surface area contributed by atoms with Crippen molar-refractivity contribution in [1.82, 2.24) is 0 Å². The third-order valence-corrected chi connectivity index (χ3v) is 5.48. The average Bonchev–Trinajstić information content (AvgIpc) is 2.78. The SMILES string of the molecule is C=CCCCCc1c(Cl)cc(OCOC)cc1B1OC(C)(C)C(C)(C)O1. The molecule has 6 heteroatoms. The Hall–Kier alpha value is -1.01. The molecular formula is C20H30BClO4. The Morgan fingerprint density at radius 2 is 1.81 bits per heavy atom. The summed E-state index contributed by atoms with van der Waals surface area (Å²) in [5, 5.41) is 0.668. The topological polar surface area (TPSA) is 36.9 Å². The van der Waals surface area contributed by atoms with Crippen LogP contribution in [0.1, 0.15) is 52.5 Å². The molecule has 0 atom stereocenters. The Kier molecular flexibility index (Phi) is 7.20. The highest BCUT2D eigenvalue weighted by molar-refractivity contribution is 6.63. The standard InChI is InChI=1S/C20H30BClO4/c1-7-8-9-10-11-16-17(12-15(13-18(16)22)24-14-23-6)21-25-19(2,3)20(4,5)26-21/h7,12-13H,1,8-11,14H2,2-6H3. The highest BCUT2D eigenvalue weighted by Crippen LogP contribution is 2.37. The van der Waals surface area contributed by atoms with Crippen LogP contribution in [0.25, 0.3) is 0 Å². The molecule has 0 amide bonds. The average molecular weight is 381 g/mol. The molecule has 0 unspecified atom stereocenters. The quantitative estimate of drug-likeness (QED) is 0.273. The van der Waals surface area contributed by atoms with Crippen LogP contribution in [-0.4, -0.2) is 32.2 Å². The van der Waals surface area contributed by atoms with Crippen LogP contribution < -0.4 is 10.2 Å². The van der Waals surface area contributed by atoms with Crippen molar-refractivity contribution in [1.29, 1.82) is 0 Å². The van der Waals surface area contributed by atoms with E-state index >= 15 is 0 Å². The number of unbranched alkanes of at least 4 members (excludes halogenated alkanes) is 2. The summed E-state index contributed by atoms with van der Waals surface area (Å²) in [6.45, 7) is 12.1. The summed E-state index contributed by atoms with van der Waals surface area (Å²) in [6, 6.07) is 3.79. The molecule has 144 valence electrons. The van der Waals surface area contributed by atoms with Gasteiger partial charge in [0.15, 0.2) is 6.79 Å². The highest BCUT2D eigenvalue weighted by atomic mass is 35.5. The molecule has 2 rings (SSSR count). The van der Waals surface area contributed by atoms with Gasteiger partial charge in [-0.2, -0.15) is 0 Å². The summed E-state index contributed by atoms with van der Waals surface area (Å²) in [6.07, 6.45) is 5.90. The van der Waals surface area contributed by atoms with Crippen LogP contribution in [0.3, 0.4) is 0 Å². The fraction of sp³-hybridized carbons (Fsp3) is 0.600. The molecule has 1 aliphatic rings. The van der Waals surface area contributed by atoms with Gasteiger partial charge in [0.25, 0.3) is 0 Å². The lowest BCUT2D eigenvalue weighted by Gasteiger charge is -2.32. The van der Waals surface area contributed by atoms with E-state index in [9.17, 15) is 0 Å². The number of ether oxygens (including phenoxy) is 2. The normalized spacial score (nSPS) is 18.2. The summed E-state index contributed by atoms with van der Waals surface area (Å²) in [5.41, 5.74) is 1.17. The van der Waals surface area contributed by atoms with Gasteiger partial charge in [0.05, 0.1) is 11.2 Å². The second-order valence-electron chi connectivity index (χ2n) is 7.65. The van der Waals surface area contributed by atoms with Gasteiger partial charge in [0.1, 0.15) is 5.75 Å². The van der Waals surface area contributed by atoms with Gasteiger partial charge in [0.2, 0.25) is 0 Å². The Labute approximate surface area is 162 Å². The number of benzene rings is 1. The second-order valence-corrected chi connectivity index (χ2v) is 8.05. The minimum Gasteiger partial charge on any atom is -0.468 e. The van der Waals surface area contributed by atoms with Gasteiger partial charge in [-0.05, 0) is 76.5 Å². The maximum atomic E-state index is 6.59. The van der Waals surface area contributed by atoms with Crippen molar-refractivity contribution in [2.45, 2.75) is 64.6 Å². The minimum absolute atomic E-state index is 0.165. The van der Waals surface area contributed by atoms with E-state index in [0.29, 0.717) is 10.8 Å². The maximum Gasteiger partial charge on any atom is 0.495 e. The molecule has 0 aliphatic carbocycles. The van der Waals surface area contributed by atoms with E-state index < -0.39 is 18.3 Å². The Balaban J connectivity index is 2.33. The first kappa shape index (κ1) is 21.3. The van der Waals surface area contributed by atoms with Gasteiger partial charge in [-0.25, -0.2) is 0 Å². The van der Waals surface area contributed by atoms with Gasteiger partial charge < -0.3 is 18.8 Å². The summed E-state index contributed by atoms with van der Waals surface area (Å²) in [4.78, 5) is 0. The monoisotopic (exact) mass is 380 g/mol. The summed E-state index contributed by atoms with van der Waals surface area (Å²) in [5.74, 6) is 0.649. The highest BCUT2D eigenvalue weighted by Gasteiger charge is 2.52. The molecule has 1 heterocycles. The maximum absolute atomic E-state index is 6.59. The molecule has 0 aromatic heterocycles. The molecule has 1 fully saturated rings. The Morgan fingerprint density at radius 1 is 1.15 bits per heavy atom. The van der Waals surface area contributed by atoms with Crippen molar-refractivity contribution in [2.24, 2.45) is 0 Å². The smallest absolute Gasteiger partial charge is 0.468 e. The fourth-order valence-electron chi connectivity index (χ4n) is 2.88. The minimum atomic E-state index is -0.474. The molecule has 26 heavy (non-hydrogen) atoms. The molecule has 1 aromatic rings. The first-order valence-electron chi connectivity index (χ1n) is 9.12. The van der Waals surface area contributed by atoms with Crippen LogP contribution in [0.2, 0.25) is 5.02 Å². The van der Waals surface area contributed by atoms with Crippen molar-refractivity contribution in [2.75, 3.05) is 13.9 Å². The van der Waals surface area contributed by atoms with Crippen LogP contribution in [0, 0.1) is 0 Å². The van der Waals surface area contributed by atoms with E-state index in [0.717, 1.165) is 36.7 Å². The number of hydrogen-bond acceptors (Lipinski definition) is 4. The zero-order chi connectivity index (χ0) is 19.4. The lowest BCUT2D eigenvalue weighted by molar-refractivity contribution is 0.00578. The van der Waals surface area contributed by atoms with Gasteiger partial charge in [-0.1, -0.05) is 17.7 Å². The zero-order valence-electron chi connectivity index (χ0n) is 16.6. The van der Waals surface area contributed by atoms with Crippen LogP contribution >= 0.6 is 11.6 Å². The van der Waals surface area contributed by atoms with E-state index in [2.05, 4.69) is 6.58 Å². The second kappa shape index (κ2) is 8.79. The number of rotatable bonds is 9.